The van der Waals surface area contributed by atoms with Crippen molar-refractivity contribution in [3.05, 3.63) is 45.9 Å². The van der Waals surface area contributed by atoms with Gasteiger partial charge in [0.05, 0.1) is 10.7 Å². The number of nitrogens with zero attached hydrogens (tertiary/aromatic N) is 2. The maximum Gasteiger partial charge on any atom is 0.288 e. The quantitative estimate of drug-likeness (QED) is 0.495. The number of benzene rings is 1. The molecule has 1 amide bonds. The van der Waals surface area contributed by atoms with Gasteiger partial charge in [-0.05, 0) is 37.3 Å². The molecule has 0 unspecified atom stereocenters. The highest BCUT2D eigenvalue weighted by Gasteiger charge is 2.11. The molecular weight excluding hydrogens is 340 g/mol. The Balaban J connectivity index is 2.08. The summed E-state index contributed by atoms with van der Waals surface area (Å²) in [6.45, 7) is 1.83. The fourth-order valence-corrected chi connectivity index (χ4v) is 2.73. The van der Waals surface area contributed by atoms with Crippen LogP contribution < -0.4 is 5.32 Å². The van der Waals surface area contributed by atoms with E-state index in [2.05, 4.69) is 10.3 Å². The molecule has 8 heteroatoms. The van der Waals surface area contributed by atoms with E-state index in [9.17, 15) is 13.6 Å². The first-order chi connectivity index (χ1) is 11.0. The number of anilines is 1. The summed E-state index contributed by atoms with van der Waals surface area (Å²) in [6, 6.07) is 7.79. The van der Waals surface area contributed by atoms with Crippen molar-refractivity contribution in [2.45, 2.75) is 17.6 Å². The highest BCUT2D eigenvalue weighted by molar-refractivity contribution is 7.99. The van der Waals surface area contributed by atoms with Gasteiger partial charge in [0.1, 0.15) is 11.6 Å². The minimum Gasteiger partial charge on any atom is -0.321 e. The highest BCUT2D eigenvalue weighted by atomic mass is 32.2. The van der Waals surface area contributed by atoms with Crippen LogP contribution in [0.25, 0.3) is 6.08 Å². The molecule has 0 aliphatic rings. The molecule has 0 atom stereocenters. The van der Waals surface area contributed by atoms with Crippen LogP contribution in [0, 0.1) is 18.3 Å². The lowest BCUT2D eigenvalue weighted by Crippen LogP contribution is -2.13. The number of aromatic nitrogens is 1. The Bertz CT molecular complexity index is 764. The summed E-state index contributed by atoms with van der Waals surface area (Å²) in [6.07, 6.45) is 1.40. The number of amides is 1. The summed E-state index contributed by atoms with van der Waals surface area (Å²) in [5.41, 5.74) is 0.883. The number of hydrogen-bond acceptors (Lipinski definition) is 5. The largest absolute Gasteiger partial charge is 0.321 e. The molecule has 23 heavy (non-hydrogen) atoms. The van der Waals surface area contributed by atoms with Gasteiger partial charge in [0.15, 0.2) is 0 Å². The van der Waals surface area contributed by atoms with E-state index < -0.39 is 11.7 Å². The van der Waals surface area contributed by atoms with E-state index in [0.717, 1.165) is 5.01 Å². The van der Waals surface area contributed by atoms with E-state index in [4.69, 9.17) is 5.26 Å². The number of nitrogens with one attached hydrogen (secondary N) is 1. The van der Waals surface area contributed by atoms with Crippen molar-refractivity contribution < 1.29 is 13.6 Å². The number of thioether (sulfide) groups is 1. The number of thiazole rings is 1. The van der Waals surface area contributed by atoms with Crippen molar-refractivity contribution >= 4 is 40.8 Å². The SMILES string of the molecule is Cc1nc(/C=C(\C#N)C(=O)Nc2ccc(SC(F)F)cc2)cs1. The smallest absolute Gasteiger partial charge is 0.288 e. The molecule has 0 radical (unpaired) electrons. The third-order valence-corrected chi connectivity index (χ3v) is 4.15. The molecule has 0 aliphatic heterocycles. The molecule has 0 saturated carbocycles. The molecule has 1 aromatic carbocycles. The zero-order valence-electron chi connectivity index (χ0n) is 11.9. The van der Waals surface area contributed by atoms with Crippen LogP contribution in [0.5, 0.6) is 0 Å². The second-order valence-electron chi connectivity index (χ2n) is 4.32. The normalized spacial score (nSPS) is 11.3. The average molecular weight is 351 g/mol. The number of carbonyl (C=O) groups is 1. The van der Waals surface area contributed by atoms with Gasteiger partial charge in [-0.1, -0.05) is 11.8 Å². The van der Waals surface area contributed by atoms with E-state index in [0.29, 0.717) is 28.0 Å². The van der Waals surface area contributed by atoms with Gasteiger partial charge in [-0.3, -0.25) is 4.79 Å². The Morgan fingerprint density at radius 2 is 2.13 bits per heavy atom. The number of rotatable bonds is 5. The second-order valence-corrected chi connectivity index (χ2v) is 6.44. The summed E-state index contributed by atoms with van der Waals surface area (Å²) >= 11 is 1.84. The van der Waals surface area contributed by atoms with Crippen LogP contribution in [0.2, 0.25) is 0 Å². The van der Waals surface area contributed by atoms with Crippen LogP contribution in [0.15, 0.2) is 40.1 Å². The molecule has 0 saturated heterocycles. The lowest BCUT2D eigenvalue weighted by molar-refractivity contribution is -0.112. The maximum absolute atomic E-state index is 12.2. The van der Waals surface area contributed by atoms with Gasteiger partial charge in [0, 0.05) is 16.0 Å². The van der Waals surface area contributed by atoms with E-state index in [-0.39, 0.29) is 5.57 Å². The number of aryl methyl sites for hydroxylation is 1. The zero-order valence-corrected chi connectivity index (χ0v) is 13.5. The molecule has 2 rings (SSSR count). The van der Waals surface area contributed by atoms with Crippen molar-refractivity contribution in [2.75, 3.05) is 5.32 Å². The van der Waals surface area contributed by atoms with Gasteiger partial charge in [-0.2, -0.15) is 14.0 Å². The van der Waals surface area contributed by atoms with Gasteiger partial charge < -0.3 is 5.32 Å². The standard InChI is InChI=1S/C15H11F2N3OS2/c1-9-19-12(8-22-9)6-10(7-18)14(21)20-11-2-4-13(5-3-11)23-15(16)17/h2-6,8,15H,1H3,(H,20,21)/b10-6+. The van der Waals surface area contributed by atoms with Crippen LogP contribution in [0.4, 0.5) is 14.5 Å². The number of carbonyl (C=O) groups excluding carboxylic acids is 1. The zero-order chi connectivity index (χ0) is 16.8. The molecule has 1 heterocycles. The lowest BCUT2D eigenvalue weighted by atomic mass is 10.2. The molecule has 0 spiro atoms. The van der Waals surface area contributed by atoms with Gasteiger partial charge in [-0.25, -0.2) is 4.98 Å². The fourth-order valence-electron chi connectivity index (χ4n) is 1.66. The lowest BCUT2D eigenvalue weighted by Gasteiger charge is -2.05. The van der Waals surface area contributed by atoms with Crippen LogP contribution in [-0.4, -0.2) is 16.6 Å². The summed E-state index contributed by atoms with van der Waals surface area (Å²) in [5.74, 6) is -3.07. The second kappa shape index (κ2) is 7.85. The van der Waals surface area contributed by atoms with E-state index in [1.54, 1.807) is 5.38 Å². The van der Waals surface area contributed by atoms with E-state index >= 15 is 0 Å². The van der Waals surface area contributed by atoms with Gasteiger partial charge in [0.2, 0.25) is 0 Å². The number of nitriles is 1. The molecule has 0 fully saturated rings. The highest BCUT2D eigenvalue weighted by Crippen LogP contribution is 2.26. The van der Waals surface area contributed by atoms with Crippen LogP contribution in [-0.2, 0) is 4.79 Å². The van der Waals surface area contributed by atoms with Crippen molar-refractivity contribution in [1.29, 1.82) is 5.26 Å². The summed E-state index contributed by atoms with van der Waals surface area (Å²) in [5, 5.41) is 14.2. The Labute approximate surface area is 139 Å². The number of hydrogen-bond donors (Lipinski definition) is 1. The molecule has 0 aliphatic carbocycles. The Morgan fingerprint density at radius 1 is 1.43 bits per heavy atom. The van der Waals surface area contributed by atoms with Crippen molar-refractivity contribution in [2.24, 2.45) is 0 Å². The third kappa shape index (κ3) is 5.16. The molecule has 1 aromatic heterocycles. The van der Waals surface area contributed by atoms with Crippen molar-refractivity contribution in [3.8, 4) is 6.07 Å². The number of alkyl halides is 2. The first-order valence-electron chi connectivity index (χ1n) is 6.38. The third-order valence-electron chi connectivity index (χ3n) is 2.63. The Morgan fingerprint density at radius 3 is 2.65 bits per heavy atom. The molecule has 118 valence electrons. The average Bonchev–Trinajstić information content (AvgIpc) is 2.91. The predicted molar refractivity (Wildman–Crippen MR) is 87.4 cm³/mol. The van der Waals surface area contributed by atoms with Gasteiger partial charge in [0.25, 0.3) is 11.7 Å². The molecule has 0 bridgehead atoms. The summed E-state index contributed by atoms with van der Waals surface area (Å²) in [7, 11) is 0. The summed E-state index contributed by atoms with van der Waals surface area (Å²) in [4.78, 5) is 16.6. The van der Waals surface area contributed by atoms with Gasteiger partial charge in [-0.15, -0.1) is 11.3 Å². The fraction of sp³-hybridized carbons (Fsp3) is 0.133. The molecule has 1 N–H and O–H groups in total. The molecule has 4 nitrogen and oxygen atoms in total. The maximum atomic E-state index is 12.2. The van der Waals surface area contributed by atoms with Crippen molar-refractivity contribution in [1.82, 2.24) is 4.98 Å². The van der Waals surface area contributed by atoms with E-state index in [1.807, 2.05) is 13.0 Å². The Hall–Kier alpha value is -2.24. The van der Waals surface area contributed by atoms with Crippen LogP contribution in [0.3, 0.4) is 0 Å². The first-order valence-corrected chi connectivity index (χ1v) is 8.14. The minimum atomic E-state index is -2.50. The van der Waals surface area contributed by atoms with Crippen LogP contribution in [0.1, 0.15) is 10.7 Å². The predicted octanol–water partition coefficient (Wildman–Crippen LogP) is 4.31. The molecule has 2 aromatic rings. The summed E-state index contributed by atoms with van der Waals surface area (Å²) < 4.78 is 24.5. The topological polar surface area (TPSA) is 65.8 Å². The monoisotopic (exact) mass is 351 g/mol. The number of halogens is 2. The van der Waals surface area contributed by atoms with Crippen molar-refractivity contribution in [3.63, 3.8) is 0 Å². The Kier molecular flexibility index (Phi) is 5.84. The molecular formula is C15H11F2N3OS2. The first kappa shape index (κ1) is 17.1. The minimum absolute atomic E-state index is 0.0821. The van der Waals surface area contributed by atoms with Gasteiger partial charge >= 0.3 is 0 Å². The van der Waals surface area contributed by atoms with Crippen LogP contribution >= 0.6 is 23.1 Å². The van der Waals surface area contributed by atoms with E-state index in [1.165, 1.54) is 41.7 Å².